The van der Waals surface area contributed by atoms with Crippen LogP contribution >= 0.6 is 0 Å². The molecule has 2 heterocycles. The van der Waals surface area contributed by atoms with Crippen LogP contribution in [0, 0.1) is 5.92 Å². The van der Waals surface area contributed by atoms with Crippen LogP contribution in [-0.2, 0) is 29.7 Å². The van der Waals surface area contributed by atoms with E-state index in [2.05, 4.69) is 46.3 Å². The highest BCUT2D eigenvalue weighted by molar-refractivity contribution is 7.89. The number of amides is 1. The number of hydrogen-bond acceptors (Lipinski definition) is 5. The minimum Gasteiger partial charge on any atom is -0.348 e. The lowest BCUT2D eigenvalue weighted by Gasteiger charge is -2.33. The molecular weight excluding hydrogens is 472 g/mol. The van der Waals surface area contributed by atoms with Crippen molar-refractivity contribution in [2.24, 2.45) is 5.92 Å². The second kappa shape index (κ2) is 12.3. The molecule has 7 nitrogen and oxygen atoms in total. The third kappa shape index (κ3) is 7.38. The first-order valence-electron chi connectivity index (χ1n) is 13.2. The van der Waals surface area contributed by atoms with Crippen molar-refractivity contribution < 1.29 is 13.2 Å². The SMILES string of the molecule is CCS(=O)(=O)N1CCN(Cc2cccc(C(=O)NCc3cccc(CN4CCCC(C)C4)c3)c2)CC1. The van der Waals surface area contributed by atoms with Gasteiger partial charge in [0.05, 0.1) is 5.75 Å². The van der Waals surface area contributed by atoms with Crippen LogP contribution in [0.25, 0.3) is 0 Å². The van der Waals surface area contributed by atoms with Crippen LogP contribution < -0.4 is 5.32 Å². The second-order valence-electron chi connectivity index (χ2n) is 10.3. The predicted octanol–water partition coefficient (Wildman–Crippen LogP) is 3.32. The summed E-state index contributed by atoms with van der Waals surface area (Å²) in [6.07, 6.45) is 2.59. The molecule has 2 fully saturated rings. The van der Waals surface area contributed by atoms with E-state index < -0.39 is 10.0 Å². The fourth-order valence-electron chi connectivity index (χ4n) is 5.23. The van der Waals surface area contributed by atoms with Crippen LogP contribution in [-0.4, -0.2) is 73.5 Å². The van der Waals surface area contributed by atoms with Gasteiger partial charge in [0.15, 0.2) is 0 Å². The predicted molar refractivity (Wildman–Crippen MR) is 144 cm³/mol. The zero-order valence-corrected chi connectivity index (χ0v) is 22.5. The lowest BCUT2D eigenvalue weighted by Crippen LogP contribution is -2.48. The van der Waals surface area contributed by atoms with Crippen molar-refractivity contribution in [2.45, 2.75) is 46.3 Å². The number of rotatable bonds is 9. The highest BCUT2D eigenvalue weighted by Gasteiger charge is 2.25. The molecule has 0 radical (unpaired) electrons. The summed E-state index contributed by atoms with van der Waals surface area (Å²) in [7, 11) is -3.13. The Kier molecular flexibility index (Phi) is 9.17. The van der Waals surface area contributed by atoms with Crippen molar-refractivity contribution in [3.8, 4) is 0 Å². The standard InChI is InChI=1S/C28H40N4O3S/c1-3-36(34,35)32-15-13-30(14-16-32)21-26-10-5-11-27(18-26)28(33)29-19-24-8-4-9-25(17-24)22-31-12-6-7-23(2)20-31/h4-5,8-11,17-18,23H,3,6-7,12-16,19-22H2,1-2H3,(H,29,33). The molecular formula is C28H40N4O3S. The number of likely N-dealkylation sites (tertiary alicyclic amines) is 1. The van der Waals surface area contributed by atoms with E-state index >= 15 is 0 Å². The van der Waals surface area contributed by atoms with Crippen LogP contribution in [0.15, 0.2) is 48.5 Å². The van der Waals surface area contributed by atoms with E-state index in [9.17, 15) is 13.2 Å². The van der Waals surface area contributed by atoms with Crippen LogP contribution in [0.4, 0.5) is 0 Å². The Morgan fingerprint density at radius 3 is 2.31 bits per heavy atom. The molecule has 196 valence electrons. The van der Waals surface area contributed by atoms with Gasteiger partial charge in [0.1, 0.15) is 0 Å². The summed E-state index contributed by atoms with van der Waals surface area (Å²) in [5.74, 6) is 0.830. The zero-order valence-electron chi connectivity index (χ0n) is 21.7. The van der Waals surface area contributed by atoms with Gasteiger partial charge in [-0.25, -0.2) is 8.42 Å². The van der Waals surface area contributed by atoms with E-state index in [0.29, 0.717) is 44.8 Å². The van der Waals surface area contributed by atoms with Gasteiger partial charge in [-0.2, -0.15) is 4.31 Å². The average Bonchev–Trinajstić information content (AvgIpc) is 2.88. The number of carbonyl (C=O) groups excluding carboxylic acids is 1. The summed E-state index contributed by atoms with van der Waals surface area (Å²) in [5.41, 5.74) is 4.12. The Morgan fingerprint density at radius 1 is 0.917 bits per heavy atom. The summed E-state index contributed by atoms with van der Waals surface area (Å²) in [4.78, 5) is 17.7. The summed E-state index contributed by atoms with van der Waals surface area (Å²) in [6.45, 7) is 10.9. The fourth-order valence-corrected chi connectivity index (χ4v) is 6.31. The van der Waals surface area contributed by atoms with Crippen molar-refractivity contribution in [3.63, 3.8) is 0 Å². The number of piperidine rings is 1. The van der Waals surface area contributed by atoms with Gasteiger partial charge in [0.2, 0.25) is 10.0 Å². The summed E-state index contributed by atoms with van der Waals surface area (Å²) < 4.78 is 25.7. The molecule has 2 saturated heterocycles. The van der Waals surface area contributed by atoms with Gasteiger partial charge in [-0.05, 0) is 61.1 Å². The number of piperazine rings is 1. The molecule has 8 heteroatoms. The molecule has 0 aromatic heterocycles. The van der Waals surface area contributed by atoms with Gasteiger partial charge in [0.25, 0.3) is 5.91 Å². The molecule has 2 aliphatic heterocycles. The maximum Gasteiger partial charge on any atom is 0.251 e. The molecule has 0 saturated carbocycles. The molecule has 2 aromatic carbocycles. The van der Waals surface area contributed by atoms with Gasteiger partial charge in [0, 0.05) is 57.9 Å². The second-order valence-corrected chi connectivity index (χ2v) is 12.5. The highest BCUT2D eigenvalue weighted by Crippen LogP contribution is 2.18. The third-order valence-corrected chi connectivity index (χ3v) is 9.16. The van der Waals surface area contributed by atoms with Crippen molar-refractivity contribution in [1.29, 1.82) is 0 Å². The highest BCUT2D eigenvalue weighted by atomic mass is 32.2. The molecule has 0 aliphatic carbocycles. The van der Waals surface area contributed by atoms with Crippen molar-refractivity contribution in [2.75, 3.05) is 45.0 Å². The minimum absolute atomic E-state index is 0.0778. The van der Waals surface area contributed by atoms with E-state index in [0.717, 1.165) is 36.7 Å². The van der Waals surface area contributed by atoms with Crippen LogP contribution in [0.2, 0.25) is 0 Å². The summed E-state index contributed by atoms with van der Waals surface area (Å²) >= 11 is 0. The van der Waals surface area contributed by atoms with E-state index in [-0.39, 0.29) is 11.7 Å². The maximum atomic E-state index is 12.9. The fraction of sp³-hybridized carbons (Fsp3) is 0.536. The van der Waals surface area contributed by atoms with E-state index in [1.807, 2.05) is 24.3 Å². The third-order valence-electron chi connectivity index (χ3n) is 7.28. The van der Waals surface area contributed by atoms with Crippen LogP contribution in [0.3, 0.4) is 0 Å². The molecule has 36 heavy (non-hydrogen) atoms. The van der Waals surface area contributed by atoms with Gasteiger partial charge in [-0.3, -0.25) is 14.6 Å². The molecule has 1 atom stereocenters. The monoisotopic (exact) mass is 512 g/mol. The van der Waals surface area contributed by atoms with E-state index in [1.165, 1.54) is 18.4 Å². The molecule has 1 N–H and O–H groups in total. The lowest BCUT2D eigenvalue weighted by atomic mass is 9.99. The molecule has 0 bridgehead atoms. The smallest absolute Gasteiger partial charge is 0.251 e. The van der Waals surface area contributed by atoms with Crippen molar-refractivity contribution in [1.82, 2.24) is 19.4 Å². The minimum atomic E-state index is -3.13. The quantitative estimate of drug-likeness (QED) is 0.558. The van der Waals surface area contributed by atoms with Gasteiger partial charge < -0.3 is 5.32 Å². The normalized spacial score (nSPS) is 20.3. The molecule has 1 amide bonds. The number of carbonyl (C=O) groups is 1. The zero-order chi connectivity index (χ0) is 25.5. The van der Waals surface area contributed by atoms with Gasteiger partial charge >= 0.3 is 0 Å². The van der Waals surface area contributed by atoms with Crippen LogP contribution in [0.5, 0.6) is 0 Å². The Labute approximate surface area is 216 Å². The van der Waals surface area contributed by atoms with E-state index in [4.69, 9.17) is 0 Å². The Bertz CT molecular complexity index is 1130. The first-order chi connectivity index (χ1) is 17.3. The molecule has 0 spiro atoms. The Hall–Kier alpha value is -2.26. The van der Waals surface area contributed by atoms with E-state index in [1.54, 1.807) is 11.2 Å². The topological polar surface area (TPSA) is 73.0 Å². The summed E-state index contributed by atoms with van der Waals surface area (Å²) in [5, 5.41) is 3.07. The van der Waals surface area contributed by atoms with Crippen molar-refractivity contribution in [3.05, 3.63) is 70.8 Å². The number of nitrogens with zero attached hydrogens (tertiary/aromatic N) is 3. The van der Waals surface area contributed by atoms with Gasteiger partial charge in [-0.15, -0.1) is 0 Å². The summed E-state index contributed by atoms with van der Waals surface area (Å²) in [6, 6.07) is 16.3. The maximum absolute atomic E-state index is 12.9. The molecule has 1 unspecified atom stereocenters. The largest absolute Gasteiger partial charge is 0.348 e. The first-order valence-corrected chi connectivity index (χ1v) is 14.8. The average molecular weight is 513 g/mol. The molecule has 4 rings (SSSR count). The van der Waals surface area contributed by atoms with Crippen LogP contribution in [0.1, 0.15) is 53.7 Å². The van der Waals surface area contributed by atoms with Gasteiger partial charge in [-0.1, -0.05) is 43.3 Å². The number of hydrogen-bond donors (Lipinski definition) is 1. The number of sulfonamides is 1. The molecule has 2 aromatic rings. The van der Waals surface area contributed by atoms with Crippen molar-refractivity contribution >= 4 is 15.9 Å². The number of nitrogens with one attached hydrogen (secondary N) is 1. The Morgan fingerprint density at radius 2 is 1.58 bits per heavy atom. The Balaban J connectivity index is 1.28. The first kappa shape index (κ1) is 26.8. The number of benzene rings is 2. The molecule has 2 aliphatic rings. The lowest BCUT2D eigenvalue weighted by molar-refractivity contribution is 0.0950.